The molecular formula is C22H35N3O3S. The fourth-order valence-corrected chi connectivity index (χ4v) is 6.58. The summed E-state index contributed by atoms with van der Waals surface area (Å²) in [5.74, 6) is 1.77. The van der Waals surface area contributed by atoms with Gasteiger partial charge < -0.3 is 5.32 Å². The number of sulfone groups is 1. The van der Waals surface area contributed by atoms with Gasteiger partial charge in [0, 0.05) is 32.2 Å². The number of hydrogen-bond donors (Lipinski definition) is 1. The first-order chi connectivity index (χ1) is 13.7. The molecule has 0 bridgehead atoms. The second-order valence-electron chi connectivity index (χ2n) is 9.16. The van der Waals surface area contributed by atoms with Crippen LogP contribution in [0.25, 0.3) is 0 Å². The van der Waals surface area contributed by atoms with E-state index in [-0.39, 0.29) is 30.0 Å². The van der Waals surface area contributed by atoms with Gasteiger partial charge in [0.15, 0.2) is 9.84 Å². The van der Waals surface area contributed by atoms with Crippen LogP contribution in [0.1, 0.15) is 37.8 Å². The summed E-state index contributed by atoms with van der Waals surface area (Å²) >= 11 is 0. The maximum absolute atomic E-state index is 12.4. The molecule has 29 heavy (non-hydrogen) atoms. The average molecular weight is 422 g/mol. The molecule has 1 N–H and O–H groups in total. The maximum atomic E-state index is 12.4. The molecule has 0 aliphatic carbocycles. The van der Waals surface area contributed by atoms with Crippen molar-refractivity contribution in [1.82, 2.24) is 15.1 Å². The van der Waals surface area contributed by atoms with Crippen LogP contribution >= 0.6 is 0 Å². The van der Waals surface area contributed by atoms with E-state index in [1.807, 2.05) is 18.0 Å². The zero-order valence-corrected chi connectivity index (χ0v) is 18.7. The standard InChI is InChI=1S/C22H35N3O3S/c1-17-10-18(2)13-25(12-17)14-20-7-5-4-6-19(20)11-23-22(26)15-24(3)21-8-9-29(27,28)16-21/h4-7,17-18,21H,8-16H2,1-3H3,(H,23,26). The summed E-state index contributed by atoms with van der Waals surface area (Å²) in [5, 5.41) is 3.02. The van der Waals surface area contributed by atoms with Crippen LogP contribution in [0.4, 0.5) is 0 Å². The van der Waals surface area contributed by atoms with E-state index >= 15 is 0 Å². The highest BCUT2D eigenvalue weighted by Gasteiger charge is 2.31. The lowest BCUT2D eigenvalue weighted by atomic mass is 9.91. The molecule has 1 aromatic carbocycles. The molecule has 3 unspecified atom stereocenters. The van der Waals surface area contributed by atoms with Crippen LogP contribution in [-0.2, 0) is 27.7 Å². The van der Waals surface area contributed by atoms with Gasteiger partial charge in [-0.05, 0) is 42.9 Å². The van der Waals surface area contributed by atoms with Crippen molar-refractivity contribution in [2.75, 3.05) is 38.2 Å². The van der Waals surface area contributed by atoms with E-state index in [1.165, 1.54) is 12.0 Å². The minimum Gasteiger partial charge on any atom is -0.351 e. The minimum absolute atomic E-state index is 0.0545. The van der Waals surface area contributed by atoms with Gasteiger partial charge in [0.25, 0.3) is 0 Å². The lowest BCUT2D eigenvalue weighted by Gasteiger charge is -2.35. The number of likely N-dealkylation sites (tertiary alicyclic amines) is 1. The molecule has 162 valence electrons. The molecule has 7 heteroatoms. The number of hydrogen-bond acceptors (Lipinski definition) is 5. The number of nitrogens with one attached hydrogen (secondary N) is 1. The quantitative estimate of drug-likeness (QED) is 0.728. The third-order valence-electron chi connectivity index (χ3n) is 6.16. The van der Waals surface area contributed by atoms with Gasteiger partial charge in [-0.3, -0.25) is 14.6 Å². The van der Waals surface area contributed by atoms with E-state index in [0.717, 1.165) is 37.0 Å². The van der Waals surface area contributed by atoms with Gasteiger partial charge in [-0.25, -0.2) is 8.42 Å². The van der Waals surface area contributed by atoms with Gasteiger partial charge in [0.2, 0.25) is 5.91 Å². The molecule has 0 saturated carbocycles. The van der Waals surface area contributed by atoms with Gasteiger partial charge in [-0.1, -0.05) is 38.1 Å². The lowest BCUT2D eigenvalue weighted by Crippen LogP contribution is -2.41. The van der Waals surface area contributed by atoms with Gasteiger partial charge in [0.05, 0.1) is 18.1 Å². The van der Waals surface area contributed by atoms with Gasteiger partial charge in [-0.2, -0.15) is 0 Å². The molecule has 6 nitrogen and oxygen atoms in total. The SMILES string of the molecule is CC1CC(C)CN(Cc2ccccc2CNC(=O)CN(C)C2CCS(=O)(=O)C2)C1. The number of piperidine rings is 1. The minimum atomic E-state index is -2.94. The number of amides is 1. The summed E-state index contributed by atoms with van der Waals surface area (Å²) in [6.45, 7) is 8.54. The van der Waals surface area contributed by atoms with E-state index in [9.17, 15) is 13.2 Å². The number of nitrogens with zero attached hydrogens (tertiary/aromatic N) is 2. The summed E-state index contributed by atoms with van der Waals surface area (Å²) < 4.78 is 23.3. The van der Waals surface area contributed by atoms with Crippen molar-refractivity contribution < 1.29 is 13.2 Å². The Morgan fingerprint density at radius 2 is 1.83 bits per heavy atom. The summed E-state index contributed by atoms with van der Waals surface area (Å²) in [6.07, 6.45) is 1.91. The number of benzene rings is 1. The van der Waals surface area contributed by atoms with Crippen LogP contribution in [0.2, 0.25) is 0 Å². The van der Waals surface area contributed by atoms with Crippen LogP contribution in [0.5, 0.6) is 0 Å². The van der Waals surface area contributed by atoms with E-state index in [2.05, 4.69) is 42.3 Å². The van der Waals surface area contributed by atoms with E-state index in [4.69, 9.17) is 0 Å². The molecule has 1 amide bonds. The fourth-order valence-electron chi connectivity index (χ4n) is 4.77. The predicted molar refractivity (Wildman–Crippen MR) is 116 cm³/mol. The maximum Gasteiger partial charge on any atom is 0.234 e. The van der Waals surface area contributed by atoms with E-state index < -0.39 is 9.84 Å². The predicted octanol–water partition coefficient (Wildman–Crippen LogP) is 1.90. The van der Waals surface area contributed by atoms with E-state index in [1.54, 1.807) is 0 Å². The molecule has 2 aliphatic rings. The molecule has 3 atom stereocenters. The third-order valence-corrected chi connectivity index (χ3v) is 7.91. The van der Waals surface area contributed by atoms with Crippen molar-refractivity contribution in [3.05, 3.63) is 35.4 Å². The van der Waals surface area contributed by atoms with Crippen molar-refractivity contribution in [2.24, 2.45) is 11.8 Å². The second-order valence-corrected chi connectivity index (χ2v) is 11.4. The molecule has 2 saturated heterocycles. The molecule has 2 fully saturated rings. The highest BCUT2D eigenvalue weighted by Crippen LogP contribution is 2.23. The van der Waals surface area contributed by atoms with E-state index in [0.29, 0.717) is 13.0 Å². The highest BCUT2D eigenvalue weighted by molar-refractivity contribution is 7.91. The Morgan fingerprint density at radius 3 is 2.45 bits per heavy atom. The Bertz CT molecular complexity index is 801. The van der Waals surface area contributed by atoms with Gasteiger partial charge in [-0.15, -0.1) is 0 Å². The van der Waals surface area contributed by atoms with Crippen molar-refractivity contribution in [2.45, 2.75) is 45.8 Å². The lowest BCUT2D eigenvalue weighted by molar-refractivity contribution is -0.122. The Morgan fingerprint density at radius 1 is 1.17 bits per heavy atom. The largest absolute Gasteiger partial charge is 0.351 e. The van der Waals surface area contributed by atoms with Crippen molar-refractivity contribution >= 4 is 15.7 Å². The van der Waals surface area contributed by atoms with Gasteiger partial charge >= 0.3 is 0 Å². The molecule has 1 aromatic rings. The monoisotopic (exact) mass is 421 g/mol. The van der Waals surface area contributed by atoms with Crippen LogP contribution < -0.4 is 5.32 Å². The number of carbonyl (C=O) groups excluding carboxylic acids is 1. The van der Waals surface area contributed by atoms with Gasteiger partial charge in [0.1, 0.15) is 0 Å². The molecule has 0 aromatic heterocycles. The Labute approximate surface area is 175 Å². The topological polar surface area (TPSA) is 69.7 Å². The van der Waals surface area contributed by atoms with Crippen LogP contribution in [-0.4, -0.2) is 68.4 Å². The molecule has 0 radical (unpaired) electrons. The Kier molecular flexibility index (Phi) is 7.35. The van der Waals surface area contributed by atoms with Crippen LogP contribution in [0.3, 0.4) is 0 Å². The summed E-state index contributed by atoms with van der Waals surface area (Å²) in [5.41, 5.74) is 2.42. The molecule has 0 spiro atoms. The van der Waals surface area contributed by atoms with Crippen molar-refractivity contribution in [1.29, 1.82) is 0 Å². The molecular weight excluding hydrogens is 386 g/mol. The first-order valence-corrected chi connectivity index (χ1v) is 12.5. The highest BCUT2D eigenvalue weighted by atomic mass is 32.2. The first-order valence-electron chi connectivity index (χ1n) is 10.7. The summed E-state index contributed by atoms with van der Waals surface area (Å²) in [4.78, 5) is 16.8. The zero-order valence-electron chi connectivity index (χ0n) is 17.9. The van der Waals surface area contributed by atoms with Crippen molar-refractivity contribution in [3.63, 3.8) is 0 Å². The third kappa shape index (κ3) is 6.52. The molecule has 2 heterocycles. The summed E-state index contributed by atoms with van der Waals surface area (Å²) in [7, 11) is -1.11. The van der Waals surface area contributed by atoms with Crippen LogP contribution in [0, 0.1) is 11.8 Å². The Hall–Kier alpha value is -1.44. The second kappa shape index (κ2) is 9.58. The average Bonchev–Trinajstić information content (AvgIpc) is 3.00. The first kappa shape index (κ1) is 22.2. The summed E-state index contributed by atoms with van der Waals surface area (Å²) in [6, 6.07) is 8.26. The zero-order chi connectivity index (χ0) is 21.0. The number of carbonyl (C=O) groups is 1. The number of rotatable bonds is 7. The number of likely N-dealkylation sites (N-methyl/N-ethyl adjacent to an activating group) is 1. The normalized spacial score (nSPS) is 27.2. The van der Waals surface area contributed by atoms with Crippen LogP contribution in [0.15, 0.2) is 24.3 Å². The smallest absolute Gasteiger partial charge is 0.234 e. The molecule has 2 aliphatic heterocycles. The Balaban J connectivity index is 1.52. The van der Waals surface area contributed by atoms with Crippen molar-refractivity contribution in [3.8, 4) is 0 Å². The fraction of sp³-hybridized carbons (Fsp3) is 0.682. The molecule has 3 rings (SSSR count).